The van der Waals surface area contributed by atoms with Crippen molar-refractivity contribution in [3.05, 3.63) is 95.2 Å². The first-order chi connectivity index (χ1) is 19.4. The lowest BCUT2D eigenvalue weighted by atomic mass is 9.70. The first-order valence-electron chi connectivity index (χ1n) is 12.9. The largest absolute Gasteiger partial charge is 0.497 e. The Hall–Kier alpha value is -4.12. The third-order valence-corrected chi connectivity index (χ3v) is 8.05. The van der Waals surface area contributed by atoms with Gasteiger partial charge in [-0.1, -0.05) is 42.5 Å². The van der Waals surface area contributed by atoms with Crippen molar-refractivity contribution in [1.82, 2.24) is 15.5 Å². The van der Waals surface area contributed by atoms with E-state index < -0.39 is 29.1 Å². The molecule has 1 aromatic heterocycles. The van der Waals surface area contributed by atoms with Gasteiger partial charge in [0.25, 0.3) is 0 Å². The van der Waals surface area contributed by atoms with Gasteiger partial charge < -0.3 is 38.9 Å². The van der Waals surface area contributed by atoms with Crippen LogP contribution in [0.15, 0.2) is 71.1 Å². The minimum Gasteiger partial charge on any atom is -0.497 e. The average molecular weight is 546 g/mol. The standard InChI is InChI=1S/C30H31N3O7/c1-31-16-23-32-33-28(39-23)24-25(17-8-6-5-7-9-17)30(18-10-12-19(36-2)13-11-18)29(35,27(24)34)26-21(38-4)14-20(37-3)15-22(26)40-30/h5-15,24-25,27,31,34-35H,16H2,1-4H3/t24?,25-,27?,29+,30+/m1/s1. The second-order valence-electron chi connectivity index (χ2n) is 9.96. The number of methoxy groups -OCH3 is 3. The van der Waals surface area contributed by atoms with Crippen molar-refractivity contribution in [1.29, 1.82) is 0 Å². The summed E-state index contributed by atoms with van der Waals surface area (Å²) < 4.78 is 29.6. The lowest BCUT2D eigenvalue weighted by molar-refractivity contribution is -0.151. The Morgan fingerprint density at radius 2 is 1.65 bits per heavy atom. The molecule has 3 aromatic carbocycles. The van der Waals surface area contributed by atoms with E-state index in [0.29, 0.717) is 46.6 Å². The average Bonchev–Trinajstić information content (AvgIpc) is 3.61. The van der Waals surface area contributed by atoms with Gasteiger partial charge in [-0.3, -0.25) is 0 Å². The van der Waals surface area contributed by atoms with Crippen molar-refractivity contribution < 1.29 is 33.6 Å². The Morgan fingerprint density at radius 1 is 0.925 bits per heavy atom. The molecule has 1 saturated carbocycles. The van der Waals surface area contributed by atoms with Crippen LogP contribution in [0.3, 0.4) is 0 Å². The van der Waals surface area contributed by atoms with Crippen molar-refractivity contribution in [3.8, 4) is 23.0 Å². The molecule has 0 amide bonds. The van der Waals surface area contributed by atoms with E-state index in [4.69, 9.17) is 23.4 Å². The maximum Gasteiger partial charge on any atom is 0.230 e. The minimum atomic E-state index is -2.00. The summed E-state index contributed by atoms with van der Waals surface area (Å²) in [6.07, 6.45) is -1.44. The Balaban J connectivity index is 1.68. The van der Waals surface area contributed by atoms with E-state index in [1.165, 1.54) is 7.11 Å². The van der Waals surface area contributed by atoms with Crippen LogP contribution in [-0.4, -0.2) is 54.9 Å². The van der Waals surface area contributed by atoms with Crippen molar-refractivity contribution in [3.63, 3.8) is 0 Å². The van der Waals surface area contributed by atoms with Crippen molar-refractivity contribution in [2.24, 2.45) is 0 Å². The lowest BCUT2D eigenvalue weighted by Gasteiger charge is -2.40. The maximum atomic E-state index is 13.0. The van der Waals surface area contributed by atoms with Crippen LogP contribution in [0.2, 0.25) is 0 Å². The summed E-state index contributed by atoms with van der Waals surface area (Å²) in [5.74, 6) is 0.830. The second kappa shape index (κ2) is 9.81. The predicted molar refractivity (Wildman–Crippen MR) is 144 cm³/mol. The molecule has 1 aliphatic heterocycles. The summed E-state index contributed by atoms with van der Waals surface area (Å²) in [6.45, 7) is 0.354. The van der Waals surface area contributed by atoms with Gasteiger partial charge in [-0.05, 0) is 30.3 Å². The third kappa shape index (κ3) is 3.53. The molecular weight excluding hydrogens is 514 g/mol. The Labute approximate surface area is 231 Å². The van der Waals surface area contributed by atoms with Gasteiger partial charge in [-0.25, -0.2) is 0 Å². The summed E-state index contributed by atoms with van der Waals surface area (Å²) in [5.41, 5.74) is -1.79. The monoisotopic (exact) mass is 545 g/mol. The molecule has 0 spiro atoms. The molecule has 2 aliphatic rings. The molecule has 10 heteroatoms. The molecule has 40 heavy (non-hydrogen) atoms. The Kier molecular flexibility index (Phi) is 6.41. The summed E-state index contributed by atoms with van der Waals surface area (Å²) >= 11 is 0. The summed E-state index contributed by atoms with van der Waals surface area (Å²) in [6, 6.07) is 20.2. The Bertz CT molecular complexity index is 1510. The molecule has 3 N–H and O–H groups in total. The van der Waals surface area contributed by atoms with Crippen LogP contribution < -0.4 is 24.3 Å². The quantitative estimate of drug-likeness (QED) is 0.304. The van der Waals surface area contributed by atoms with Crippen LogP contribution in [0.25, 0.3) is 0 Å². The number of aromatic nitrogens is 2. The van der Waals surface area contributed by atoms with Gasteiger partial charge in [-0.15, -0.1) is 10.2 Å². The molecule has 1 aliphatic carbocycles. The molecular formula is C30H31N3O7. The van der Waals surface area contributed by atoms with Crippen molar-refractivity contribution >= 4 is 0 Å². The van der Waals surface area contributed by atoms with Gasteiger partial charge in [0.05, 0.1) is 39.4 Å². The highest BCUT2D eigenvalue weighted by Gasteiger charge is 2.78. The zero-order valence-corrected chi connectivity index (χ0v) is 22.6. The molecule has 6 rings (SSSR count). The van der Waals surface area contributed by atoms with E-state index in [9.17, 15) is 10.2 Å². The number of ether oxygens (including phenoxy) is 4. The van der Waals surface area contributed by atoms with Crippen LogP contribution in [0.5, 0.6) is 23.0 Å². The van der Waals surface area contributed by atoms with E-state index in [0.717, 1.165) is 5.56 Å². The molecule has 0 radical (unpaired) electrons. The zero-order chi connectivity index (χ0) is 28.1. The number of nitrogens with zero attached hydrogens (tertiary/aromatic N) is 2. The molecule has 10 nitrogen and oxygen atoms in total. The first kappa shape index (κ1) is 26.1. The van der Waals surface area contributed by atoms with Gasteiger partial charge in [-0.2, -0.15) is 0 Å². The van der Waals surface area contributed by atoms with Crippen LogP contribution in [0.4, 0.5) is 0 Å². The molecule has 0 bridgehead atoms. The fourth-order valence-electron chi connectivity index (χ4n) is 6.40. The molecule has 5 atom stereocenters. The number of benzene rings is 3. The van der Waals surface area contributed by atoms with Gasteiger partial charge >= 0.3 is 0 Å². The predicted octanol–water partition coefficient (Wildman–Crippen LogP) is 3.23. The van der Waals surface area contributed by atoms with Gasteiger partial charge in [0.2, 0.25) is 11.8 Å². The first-order valence-corrected chi connectivity index (χ1v) is 12.9. The van der Waals surface area contributed by atoms with Gasteiger partial charge in [0, 0.05) is 18.1 Å². The fraction of sp³-hybridized carbons (Fsp3) is 0.333. The van der Waals surface area contributed by atoms with E-state index >= 15 is 0 Å². The molecule has 2 heterocycles. The third-order valence-electron chi connectivity index (χ3n) is 8.05. The minimum absolute atomic E-state index is 0.194. The summed E-state index contributed by atoms with van der Waals surface area (Å²) in [4.78, 5) is 0. The number of fused-ring (bicyclic) bond motifs is 3. The van der Waals surface area contributed by atoms with Crippen molar-refractivity contribution in [2.75, 3.05) is 28.4 Å². The Morgan fingerprint density at radius 3 is 2.30 bits per heavy atom. The number of rotatable bonds is 8. The second-order valence-corrected chi connectivity index (χ2v) is 9.96. The lowest BCUT2D eigenvalue weighted by Crippen LogP contribution is -2.52. The molecule has 208 valence electrons. The number of aliphatic hydroxyl groups is 2. The fourth-order valence-corrected chi connectivity index (χ4v) is 6.40. The maximum absolute atomic E-state index is 13.0. The topological polar surface area (TPSA) is 128 Å². The molecule has 1 fully saturated rings. The van der Waals surface area contributed by atoms with Gasteiger partial charge in [0.15, 0.2) is 11.2 Å². The number of nitrogens with one attached hydrogen (secondary N) is 1. The highest BCUT2D eigenvalue weighted by Crippen LogP contribution is 2.72. The summed E-state index contributed by atoms with van der Waals surface area (Å²) in [7, 11) is 6.41. The molecule has 4 aromatic rings. The van der Waals surface area contributed by atoms with E-state index in [2.05, 4.69) is 15.5 Å². The van der Waals surface area contributed by atoms with E-state index in [-0.39, 0.29) is 5.89 Å². The normalized spacial score (nSPS) is 26.6. The number of hydrogen-bond acceptors (Lipinski definition) is 10. The van der Waals surface area contributed by atoms with Crippen LogP contribution in [0, 0.1) is 0 Å². The number of aliphatic hydroxyl groups excluding tert-OH is 1. The van der Waals surface area contributed by atoms with Crippen LogP contribution in [0.1, 0.15) is 40.3 Å². The van der Waals surface area contributed by atoms with Crippen LogP contribution >= 0.6 is 0 Å². The zero-order valence-electron chi connectivity index (χ0n) is 22.6. The van der Waals surface area contributed by atoms with E-state index in [1.807, 2.05) is 42.5 Å². The highest BCUT2D eigenvalue weighted by molar-refractivity contribution is 5.63. The van der Waals surface area contributed by atoms with Crippen molar-refractivity contribution in [2.45, 2.75) is 35.7 Å². The molecule has 2 unspecified atom stereocenters. The SMILES string of the molecule is CNCc1nnc(C2C(O)[C@@]3(O)c4c(OC)cc(OC)cc4O[C@@]3(c3ccc(OC)cc3)[C@@H]2c2ccccc2)o1. The summed E-state index contributed by atoms with van der Waals surface area (Å²) in [5, 5.41) is 36.8. The highest BCUT2D eigenvalue weighted by atomic mass is 16.5. The smallest absolute Gasteiger partial charge is 0.230 e. The van der Waals surface area contributed by atoms with Crippen LogP contribution in [-0.2, 0) is 17.7 Å². The number of hydrogen-bond donors (Lipinski definition) is 3. The molecule has 0 saturated heterocycles. The van der Waals surface area contributed by atoms with Gasteiger partial charge in [0.1, 0.15) is 29.1 Å². The van der Waals surface area contributed by atoms with E-state index in [1.54, 1.807) is 45.5 Å².